The Hall–Kier alpha value is -3.89. The highest BCUT2D eigenvalue weighted by atomic mass is 16.5. The first kappa shape index (κ1) is 52.5. The Kier molecular flexibility index (Phi) is 21.5. The first-order valence-corrected chi connectivity index (χ1v) is 22.9. The quantitative estimate of drug-likeness (QED) is 0.0809. The van der Waals surface area contributed by atoms with Gasteiger partial charge < -0.3 is 41.5 Å². The maximum atomic E-state index is 14.8. The number of carbonyl (C=O) groups excluding carboxylic acids is 5. The third-order valence-corrected chi connectivity index (χ3v) is 13.1. The van der Waals surface area contributed by atoms with Gasteiger partial charge in [0.1, 0.15) is 6.04 Å². The summed E-state index contributed by atoms with van der Waals surface area (Å²) in [4.78, 5) is 78.4. The van der Waals surface area contributed by atoms with Crippen LogP contribution in [-0.4, -0.2) is 140 Å². The molecule has 1 saturated heterocycles. The normalized spacial score (nSPS) is 18.4. The second-order valence-corrected chi connectivity index (χ2v) is 18.1. The number of benzene rings is 1. The minimum Gasteiger partial charge on any atom is -0.379 e. The highest BCUT2D eigenvalue weighted by molar-refractivity contribution is 6.00. The van der Waals surface area contributed by atoms with Crippen LogP contribution in [0.25, 0.3) is 10.9 Å². The summed E-state index contributed by atoms with van der Waals surface area (Å²) in [6.07, 6.45) is 6.30. The van der Waals surface area contributed by atoms with Gasteiger partial charge in [-0.15, -0.1) is 0 Å². The fourth-order valence-electron chi connectivity index (χ4n) is 9.52. The van der Waals surface area contributed by atoms with Crippen molar-refractivity contribution in [2.75, 3.05) is 47.9 Å². The summed E-state index contributed by atoms with van der Waals surface area (Å²) in [7, 11) is 6.80. The zero-order valence-corrected chi connectivity index (χ0v) is 39.6. The van der Waals surface area contributed by atoms with Crippen LogP contribution in [0.5, 0.6) is 0 Å². The molecule has 62 heavy (non-hydrogen) atoms. The second kappa shape index (κ2) is 25.4. The maximum Gasteiger partial charge on any atom is 0.246 e. The smallest absolute Gasteiger partial charge is 0.246 e. The fourth-order valence-corrected chi connectivity index (χ4v) is 9.52. The van der Waals surface area contributed by atoms with E-state index < -0.39 is 54.1 Å². The van der Waals surface area contributed by atoms with E-state index in [2.05, 4.69) is 29.5 Å². The van der Waals surface area contributed by atoms with Crippen LogP contribution in [0.2, 0.25) is 0 Å². The van der Waals surface area contributed by atoms with E-state index in [0.717, 1.165) is 48.6 Å². The maximum absolute atomic E-state index is 14.8. The summed E-state index contributed by atoms with van der Waals surface area (Å²) in [6.45, 7) is 15.3. The van der Waals surface area contributed by atoms with Gasteiger partial charge in [-0.25, -0.2) is 0 Å². The van der Waals surface area contributed by atoms with E-state index in [1.807, 2.05) is 70.1 Å². The van der Waals surface area contributed by atoms with Crippen molar-refractivity contribution in [1.82, 2.24) is 30.3 Å². The fraction of sp³-hybridized carbons (Fsp3) is 0.723. The lowest BCUT2D eigenvalue weighted by Crippen LogP contribution is -2.61. The molecule has 0 saturated carbocycles. The van der Waals surface area contributed by atoms with Gasteiger partial charge in [-0.1, -0.05) is 85.9 Å². The number of nitrogens with two attached hydrogens (primary N) is 2. The number of hydrogen-bond acceptors (Lipinski definition) is 10. The number of hydrogen-bond donors (Lipinski definition) is 5. The Morgan fingerprint density at radius 1 is 0.952 bits per heavy atom. The number of imide groups is 1. The summed E-state index contributed by atoms with van der Waals surface area (Å²) in [5, 5.41) is 6.96. The number of primary amides is 1. The average molecular weight is 869 g/mol. The van der Waals surface area contributed by atoms with E-state index in [4.69, 9.17) is 20.9 Å². The summed E-state index contributed by atoms with van der Waals surface area (Å²) in [5.41, 5.74) is 13.3. The van der Waals surface area contributed by atoms with E-state index in [-0.39, 0.29) is 54.4 Å². The van der Waals surface area contributed by atoms with Gasteiger partial charge in [-0.2, -0.15) is 0 Å². The van der Waals surface area contributed by atoms with Gasteiger partial charge in [0.2, 0.25) is 29.5 Å². The zero-order chi connectivity index (χ0) is 46.3. The van der Waals surface area contributed by atoms with Gasteiger partial charge in [0.25, 0.3) is 0 Å². The summed E-state index contributed by atoms with van der Waals surface area (Å²) in [5.74, 6) is -2.57. The lowest BCUT2D eigenvalue weighted by Gasteiger charge is -2.44. The molecule has 2 aromatic rings. The molecule has 5 amide bonds. The first-order valence-electron chi connectivity index (χ1n) is 22.9. The minimum absolute atomic E-state index is 0.0141. The number of fused-ring (bicyclic) bond motifs is 1. The highest BCUT2D eigenvalue weighted by Crippen LogP contribution is 2.31. The van der Waals surface area contributed by atoms with E-state index in [9.17, 15) is 24.0 Å². The van der Waals surface area contributed by atoms with E-state index in [1.165, 1.54) is 12.0 Å². The SMILES string of the molecule is CC[C@H](C)[C@@H]([C@@H](CC(=O)N1CCC[C@H]1[C@H](OC)[C@@H](C)C(=O)N[C@@H](Cc1c[nH]c2ccccc12)C(N)=O)OC)N(C)[C@H](C(=O)N(CCCCCCN)C(=O)[C@@H](NC)C(C)C)C(C)C. The van der Waals surface area contributed by atoms with Gasteiger partial charge in [0.15, 0.2) is 0 Å². The van der Waals surface area contributed by atoms with Gasteiger partial charge >= 0.3 is 0 Å². The molecule has 9 atom stereocenters. The number of methoxy groups -OCH3 is 2. The molecular formula is C47H80N8O7. The summed E-state index contributed by atoms with van der Waals surface area (Å²) >= 11 is 0. The van der Waals surface area contributed by atoms with Crippen LogP contribution in [0, 0.1) is 23.7 Å². The topological polar surface area (TPSA) is 205 Å². The molecule has 1 aliphatic heterocycles. The molecule has 350 valence electrons. The van der Waals surface area contributed by atoms with Crippen LogP contribution in [0.4, 0.5) is 0 Å². The average Bonchev–Trinajstić information content (AvgIpc) is 3.89. The zero-order valence-electron chi connectivity index (χ0n) is 39.6. The monoisotopic (exact) mass is 869 g/mol. The van der Waals surface area contributed by atoms with Gasteiger partial charge in [-0.3, -0.25) is 33.8 Å². The van der Waals surface area contributed by atoms with Crippen molar-refractivity contribution in [3.63, 3.8) is 0 Å². The predicted molar refractivity (Wildman–Crippen MR) is 245 cm³/mol. The van der Waals surface area contributed by atoms with Crippen LogP contribution >= 0.6 is 0 Å². The third-order valence-electron chi connectivity index (χ3n) is 13.1. The minimum atomic E-state index is -0.951. The number of aromatic amines is 1. The number of likely N-dealkylation sites (N-methyl/N-ethyl adjacent to an activating group) is 2. The standard InChI is InChI=1S/C47H80N8O7/c1-12-31(6)42(53(9)41(30(4)5)47(60)55(24-18-14-13-17-23-48)46(59)40(50-8)29(2)3)38(61-10)27-39(56)54-25-19-22-37(54)43(62-11)32(7)45(58)52-36(44(49)57)26-33-28-51-35-21-16-15-20-34(33)35/h15-16,20-21,28-32,36-38,40-43,50-51H,12-14,17-19,22-27,48H2,1-11H3,(H2,49,57)(H,52,58)/t31-,32+,36-,37-,38+,40-,41-,42-,43+/m0/s1. The number of rotatable bonds is 27. The number of carbonyl (C=O) groups is 5. The largest absolute Gasteiger partial charge is 0.379 e. The molecule has 15 heteroatoms. The van der Waals surface area contributed by atoms with Crippen LogP contribution < -0.4 is 22.1 Å². The molecule has 1 aromatic heterocycles. The molecule has 7 N–H and O–H groups in total. The van der Waals surface area contributed by atoms with E-state index in [0.29, 0.717) is 32.5 Å². The number of H-pyrrole nitrogens is 1. The van der Waals surface area contributed by atoms with Crippen molar-refractivity contribution in [2.45, 2.75) is 149 Å². The van der Waals surface area contributed by atoms with Crippen LogP contribution in [0.1, 0.15) is 105 Å². The Morgan fingerprint density at radius 2 is 1.63 bits per heavy atom. The van der Waals surface area contributed by atoms with Crippen molar-refractivity contribution < 1.29 is 33.4 Å². The molecule has 1 aliphatic rings. The number of likely N-dealkylation sites (tertiary alicyclic amines) is 1. The number of amides is 5. The summed E-state index contributed by atoms with van der Waals surface area (Å²) in [6, 6.07) is 4.83. The van der Waals surface area contributed by atoms with Crippen molar-refractivity contribution >= 4 is 40.4 Å². The number of para-hydroxylation sites is 1. The number of unbranched alkanes of at least 4 members (excludes halogenated alkanes) is 3. The molecule has 0 spiro atoms. The van der Waals surface area contributed by atoms with E-state index >= 15 is 0 Å². The molecular weight excluding hydrogens is 789 g/mol. The summed E-state index contributed by atoms with van der Waals surface area (Å²) < 4.78 is 12.2. The number of ether oxygens (including phenoxy) is 2. The Balaban J connectivity index is 1.85. The lowest BCUT2D eigenvalue weighted by molar-refractivity contribution is -0.153. The Bertz CT molecular complexity index is 1730. The van der Waals surface area contributed by atoms with E-state index in [1.54, 1.807) is 26.0 Å². The molecule has 0 radical (unpaired) electrons. The van der Waals surface area contributed by atoms with Crippen LogP contribution in [0.3, 0.4) is 0 Å². The number of nitrogens with zero attached hydrogens (tertiary/aromatic N) is 3. The molecule has 3 rings (SSSR count). The molecule has 0 bridgehead atoms. The van der Waals surface area contributed by atoms with Crippen molar-refractivity contribution in [2.24, 2.45) is 35.1 Å². The predicted octanol–water partition coefficient (Wildman–Crippen LogP) is 4.22. The molecule has 1 fully saturated rings. The van der Waals surface area contributed by atoms with Gasteiger partial charge in [0, 0.05) is 56.9 Å². The highest BCUT2D eigenvalue weighted by Gasteiger charge is 2.45. The number of aromatic nitrogens is 1. The molecule has 15 nitrogen and oxygen atoms in total. The van der Waals surface area contributed by atoms with Crippen molar-refractivity contribution in [3.8, 4) is 0 Å². The Morgan fingerprint density at radius 3 is 2.21 bits per heavy atom. The van der Waals surface area contributed by atoms with Crippen LogP contribution in [0.15, 0.2) is 30.5 Å². The van der Waals surface area contributed by atoms with Gasteiger partial charge in [-0.05, 0) is 75.7 Å². The number of nitrogens with one attached hydrogen (secondary N) is 3. The molecule has 1 aromatic carbocycles. The van der Waals surface area contributed by atoms with Gasteiger partial charge in [0.05, 0.1) is 42.7 Å². The molecule has 2 heterocycles. The second-order valence-electron chi connectivity index (χ2n) is 18.1. The van der Waals surface area contributed by atoms with Crippen LogP contribution in [-0.2, 0) is 39.9 Å². The Labute approximate surface area is 371 Å². The lowest BCUT2D eigenvalue weighted by atomic mass is 9.87. The van der Waals surface area contributed by atoms with Crippen molar-refractivity contribution in [3.05, 3.63) is 36.0 Å². The molecule has 0 aliphatic carbocycles. The molecule has 0 unspecified atom stereocenters. The van der Waals surface area contributed by atoms with Crippen molar-refractivity contribution in [1.29, 1.82) is 0 Å². The third kappa shape index (κ3) is 13.3. The first-order chi connectivity index (χ1) is 29.5.